The highest BCUT2D eigenvalue weighted by Gasteiger charge is 2.24. The fourth-order valence-electron chi connectivity index (χ4n) is 6.72. The number of para-hydroxylation sites is 2. The maximum Gasteiger partial charge on any atom is 0.319 e. The number of likely N-dealkylation sites (tertiary alicyclic amines) is 2. The molecule has 4 heterocycles. The van der Waals surface area contributed by atoms with Crippen LogP contribution in [0, 0.1) is 0 Å². The standard InChI is InChI=1S/C20H30N4O3.C13H25N3O2.C7H5NO/c25-19(7-4-10-23-13-15-27-16-14-23)24-11-8-18(9-12-24)22-20(26)21-17-5-2-1-3-6-17;14-12-3-6-16(7-4-12)13(17)2-1-5-15-8-10-18-11-9-15;9-6-8-7-4-2-1-3-5-7/h1-3,5-6,18H,4,7-16H2,(H2,21,22,26);12H,1-11,14H2;1-5H. The van der Waals surface area contributed by atoms with Gasteiger partial charge in [-0.3, -0.25) is 19.4 Å². The first-order chi connectivity index (χ1) is 26.4. The number of ether oxygens (including phenoxy) is 2. The summed E-state index contributed by atoms with van der Waals surface area (Å²) >= 11 is 0. The molecule has 0 bridgehead atoms. The molecular formula is C40H60N8O6. The number of nitrogens with zero attached hydrogens (tertiary/aromatic N) is 5. The molecule has 4 amide bonds. The fraction of sp³-hybridized carbons (Fsp3) is 0.600. The van der Waals surface area contributed by atoms with Gasteiger partial charge in [0.1, 0.15) is 0 Å². The van der Waals surface area contributed by atoms with Gasteiger partial charge in [-0.1, -0.05) is 36.4 Å². The molecule has 6 rings (SSSR count). The smallest absolute Gasteiger partial charge is 0.319 e. The van der Waals surface area contributed by atoms with Crippen molar-refractivity contribution < 1.29 is 28.7 Å². The number of carbonyl (C=O) groups excluding carboxylic acids is 4. The van der Waals surface area contributed by atoms with E-state index in [1.54, 1.807) is 12.1 Å². The van der Waals surface area contributed by atoms with Crippen molar-refractivity contribution in [1.29, 1.82) is 0 Å². The molecule has 0 radical (unpaired) electrons. The van der Waals surface area contributed by atoms with Gasteiger partial charge < -0.3 is 35.6 Å². The number of urea groups is 1. The zero-order valence-electron chi connectivity index (χ0n) is 31.7. The van der Waals surface area contributed by atoms with E-state index in [1.807, 2.05) is 58.3 Å². The molecule has 0 saturated carbocycles. The lowest BCUT2D eigenvalue weighted by molar-refractivity contribution is -0.133. The molecule has 4 aliphatic heterocycles. The molecule has 2 aromatic rings. The van der Waals surface area contributed by atoms with Gasteiger partial charge in [0.2, 0.25) is 17.9 Å². The largest absolute Gasteiger partial charge is 0.379 e. The topological polar surface area (TPSA) is 162 Å². The Hall–Kier alpha value is -4.17. The van der Waals surface area contributed by atoms with E-state index in [9.17, 15) is 19.2 Å². The number of aliphatic imine (C=N–C) groups is 1. The van der Waals surface area contributed by atoms with Crippen LogP contribution >= 0.6 is 0 Å². The van der Waals surface area contributed by atoms with Gasteiger partial charge in [0, 0.05) is 83.0 Å². The lowest BCUT2D eigenvalue weighted by Gasteiger charge is -2.33. The first-order valence-corrected chi connectivity index (χ1v) is 19.6. The van der Waals surface area contributed by atoms with Crippen LogP contribution < -0.4 is 16.4 Å². The number of nitrogens with one attached hydrogen (secondary N) is 2. The van der Waals surface area contributed by atoms with Crippen molar-refractivity contribution in [3.05, 3.63) is 60.7 Å². The van der Waals surface area contributed by atoms with Gasteiger partial charge in [0.15, 0.2) is 0 Å². The summed E-state index contributed by atoms with van der Waals surface area (Å²) in [5.41, 5.74) is 7.26. The van der Waals surface area contributed by atoms with Crippen molar-refractivity contribution in [2.75, 3.05) is 97.2 Å². The molecule has 2 aromatic carbocycles. The normalized spacial score (nSPS) is 18.5. The zero-order chi connectivity index (χ0) is 38.2. The third-order valence-electron chi connectivity index (χ3n) is 9.98. The Morgan fingerprint density at radius 2 is 1.15 bits per heavy atom. The molecule has 0 aromatic heterocycles. The van der Waals surface area contributed by atoms with Gasteiger partial charge >= 0.3 is 6.03 Å². The molecule has 0 aliphatic carbocycles. The maximum absolute atomic E-state index is 12.4. The second-order valence-electron chi connectivity index (χ2n) is 14.0. The van der Waals surface area contributed by atoms with Gasteiger partial charge in [0.05, 0.1) is 32.1 Å². The van der Waals surface area contributed by atoms with Crippen molar-refractivity contribution in [3.63, 3.8) is 0 Å². The number of carbonyl (C=O) groups is 3. The molecule has 0 spiro atoms. The quantitative estimate of drug-likeness (QED) is 0.230. The SMILES string of the molecule is NC1CCN(C(=O)CCCN2CCOCC2)CC1.O=C(Nc1ccccc1)NC1CCN(C(=O)CCCN2CCOCC2)CC1.O=C=Nc1ccccc1. The zero-order valence-corrected chi connectivity index (χ0v) is 31.7. The Kier molecular flexibility index (Phi) is 19.7. The highest BCUT2D eigenvalue weighted by molar-refractivity contribution is 5.89. The maximum atomic E-state index is 12.4. The summed E-state index contributed by atoms with van der Waals surface area (Å²) in [6, 6.07) is 18.6. The number of isocyanates is 1. The summed E-state index contributed by atoms with van der Waals surface area (Å²) < 4.78 is 10.6. The minimum absolute atomic E-state index is 0.117. The third-order valence-corrected chi connectivity index (χ3v) is 9.98. The number of benzene rings is 2. The van der Waals surface area contributed by atoms with Crippen LogP contribution in [0.25, 0.3) is 0 Å². The van der Waals surface area contributed by atoms with Crippen LogP contribution in [0.1, 0.15) is 51.4 Å². The van der Waals surface area contributed by atoms with E-state index < -0.39 is 0 Å². The first-order valence-electron chi connectivity index (χ1n) is 19.6. The average Bonchev–Trinajstić information content (AvgIpc) is 3.20. The monoisotopic (exact) mass is 748 g/mol. The van der Waals surface area contributed by atoms with Gasteiger partial charge in [-0.25, -0.2) is 9.59 Å². The van der Waals surface area contributed by atoms with Crippen molar-refractivity contribution in [2.45, 2.75) is 63.5 Å². The van der Waals surface area contributed by atoms with Gasteiger partial charge in [-0.05, 0) is 75.9 Å². The van der Waals surface area contributed by atoms with Crippen molar-refractivity contribution in [2.24, 2.45) is 10.7 Å². The number of morpholine rings is 2. The minimum Gasteiger partial charge on any atom is -0.379 e. The molecule has 4 aliphatic rings. The highest BCUT2D eigenvalue weighted by atomic mass is 16.5. The van der Waals surface area contributed by atoms with E-state index in [1.165, 1.54) is 6.08 Å². The second kappa shape index (κ2) is 25.0. The minimum atomic E-state index is -0.184. The number of piperidine rings is 2. The number of hydrogen-bond acceptors (Lipinski definition) is 10. The number of amides is 4. The van der Waals surface area contributed by atoms with E-state index in [-0.39, 0.29) is 18.0 Å². The summed E-state index contributed by atoms with van der Waals surface area (Å²) in [6.45, 7) is 12.3. The lowest BCUT2D eigenvalue weighted by atomic mass is 10.0. The Balaban J connectivity index is 0.000000205. The first kappa shape index (κ1) is 42.6. The molecule has 4 saturated heterocycles. The molecule has 296 valence electrons. The van der Waals surface area contributed by atoms with Crippen molar-refractivity contribution >= 4 is 35.3 Å². The van der Waals surface area contributed by atoms with Gasteiger partial charge in [0.25, 0.3) is 0 Å². The van der Waals surface area contributed by atoms with Gasteiger partial charge in [-0.15, -0.1) is 0 Å². The summed E-state index contributed by atoms with van der Waals surface area (Å²) in [4.78, 5) is 58.2. The number of nitrogens with two attached hydrogens (primary N) is 1. The van der Waals surface area contributed by atoms with Crippen LogP contribution in [0.15, 0.2) is 65.7 Å². The van der Waals surface area contributed by atoms with E-state index >= 15 is 0 Å². The Labute approximate surface area is 320 Å². The van der Waals surface area contributed by atoms with E-state index in [4.69, 9.17) is 15.2 Å². The molecule has 54 heavy (non-hydrogen) atoms. The molecule has 4 N–H and O–H groups in total. The molecule has 4 fully saturated rings. The second-order valence-corrected chi connectivity index (χ2v) is 14.0. The molecule has 14 heteroatoms. The summed E-state index contributed by atoms with van der Waals surface area (Å²) in [5, 5.41) is 5.84. The van der Waals surface area contributed by atoms with Crippen LogP contribution in [-0.4, -0.2) is 147 Å². The molecule has 0 unspecified atom stereocenters. The molecule has 14 nitrogen and oxygen atoms in total. The summed E-state index contributed by atoms with van der Waals surface area (Å²) in [6.07, 6.45) is 8.11. The third kappa shape index (κ3) is 16.9. The summed E-state index contributed by atoms with van der Waals surface area (Å²) in [7, 11) is 0. The number of anilines is 1. The van der Waals surface area contributed by atoms with Crippen molar-refractivity contribution in [3.8, 4) is 0 Å². The highest BCUT2D eigenvalue weighted by Crippen LogP contribution is 2.14. The predicted molar refractivity (Wildman–Crippen MR) is 209 cm³/mol. The summed E-state index contributed by atoms with van der Waals surface area (Å²) in [5.74, 6) is 0.533. The van der Waals surface area contributed by atoms with Crippen LogP contribution in [0.4, 0.5) is 16.2 Å². The molecular weight excluding hydrogens is 688 g/mol. The van der Waals surface area contributed by atoms with Crippen LogP contribution in [0.2, 0.25) is 0 Å². The fourth-order valence-corrected chi connectivity index (χ4v) is 6.72. The lowest BCUT2D eigenvalue weighted by Crippen LogP contribution is -2.47. The van der Waals surface area contributed by atoms with E-state index in [0.29, 0.717) is 43.6 Å². The van der Waals surface area contributed by atoms with E-state index in [0.717, 1.165) is 123 Å². The molecule has 0 atom stereocenters. The van der Waals surface area contributed by atoms with Crippen LogP contribution in [0.5, 0.6) is 0 Å². The Morgan fingerprint density at radius 1 is 0.685 bits per heavy atom. The number of hydrogen-bond donors (Lipinski definition) is 3. The Morgan fingerprint density at radius 3 is 1.63 bits per heavy atom. The van der Waals surface area contributed by atoms with Crippen LogP contribution in [-0.2, 0) is 23.9 Å². The predicted octanol–water partition coefficient (Wildman–Crippen LogP) is 3.61. The van der Waals surface area contributed by atoms with E-state index in [2.05, 4.69) is 25.4 Å². The van der Waals surface area contributed by atoms with Crippen molar-refractivity contribution in [1.82, 2.24) is 24.9 Å². The average molecular weight is 749 g/mol. The van der Waals surface area contributed by atoms with Gasteiger partial charge in [-0.2, -0.15) is 4.99 Å². The van der Waals surface area contributed by atoms with Crippen LogP contribution in [0.3, 0.4) is 0 Å². The Bertz CT molecular complexity index is 1400. The number of rotatable bonds is 11.